The molecule has 2 unspecified atom stereocenters. The zero-order valence-electron chi connectivity index (χ0n) is 6.76. The molecular formula is C7H15NO2. The van der Waals surface area contributed by atoms with Crippen molar-refractivity contribution in [3.63, 3.8) is 0 Å². The summed E-state index contributed by atoms with van der Waals surface area (Å²) in [5, 5.41) is 3.00. The number of hydrogen-bond acceptors (Lipinski definition) is 3. The molecule has 0 aromatic carbocycles. The van der Waals surface area contributed by atoms with Crippen molar-refractivity contribution in [3.8, 4) is 0 Å². The Morgan fingerprint density at radius 1 is 1.50 bits per heavy atom. The molecule has 0 bridgehead atoms. The maximum Gasteiger partial charge on any atom is 0.162 e. The Labute approximate surface area is 61.7 Å². The molecule has 10 heavy (non-hydrogen) atoms. The SMILES string of the molecule is CNC1COC(C(C)C)O1. The van der Waals surface area contributed by atoms with Gasteiger partial charge in [-0.15, -0.1) is 0 Å². The molecule has 0 aromatic rings. The van der Waals surface area contributed by atoms with E-state index in [4.69, 9.17) is 9.47 Å². The molecule has 1 heterocycles. The third-order valence-corrected chi connectivity index (χ3v) is 1.58. The van der Waals surface area contributed by atoms with Crippen molar-refractivity contribution in [1.29, 1.82) is 0 Å². The molecule has 1 fully saturated rings. The minimum Gasteiger partial charge on any atom is -0.348 e. The van der Waals surface area contributed by atoms with Gasteiger partial charge in [0.25, 0.3) is 0 Å². The lowest BCUT2D eigenvalue weighted by Crippen LogP contribution is -2.28. The van der Waals surface area contributed by atoms with Crippen LogP contribution in [0.2, 0.25) is 0 Å². The molecule has 2 atom stereocenters. The van der Waals surface area contributed by atoms with Crippen LogP contribution in [0.1, 0.15) is 13.8 Å². The standard InChI is InChI=1S/C7H15NO2/c1-5(2)7-9-4-6(8-3)10-7/h5-8H,4H2,1-3H3. The first kappa shape index (κ1) is 7.98. The van der Waals surface area contributed by atoms with E-state index in [0.29, 0.717) is 12.5 Å². The van der Waals surface area contributed by atoms with E-state index in [-0.39, 0.29) is 12.5 Å². The number of hydrogen-bond donors (Lipinski definition) is 1. The summed E-state index contributed by atoms with van der Waals surface area (Å²) in [4.78, 5) is 0. The highest BCUT2D eigenvalue weighted by molar-refractivity contribution is 4.63. The summed E-state index contributed by atoms with van der Waals surface area (Å²) >= 11 is 0. The van der Waals surface area contributed by atoms with Crippen LogP contribution >= 0.6 is 0 Å². The summed E-state index contributed by atoms with van der Waals surface area (Å²) in [6.07, 6.45) is 0.0739. The Kier molecular flexibility index (Phi) is 2.65. The fourth-order valence-corrected chi connectivity index (χ4v) is 0.924. The fourth-order valence-electron chi connectivity index (χ4n) is 0.924. The third kappa shape index (κ3) is 1.68. The van der Waals surface area contributed by atoms with Crippen molar-refractivity contribution in [2.75, 3.05) is 13.7 Å². The predicted molar refractivity (Wildman–Crippen MR) is 38.5 cm³/mol. The normalized spacial score (nSPS) is 33.6. The second kappa shape index (κ2) is 3.32. The molecule has 0 spiro atoms. The van der Waals surface area contributed by atoms with Gasteiger partial charge in [0.1, 0.15) is 6.23 Å². The Balaban J connectivity index is 2.28. The lowest BCUT2D eigenvalue weighted by Gasteiger charge is -2.13. The van der Waals surface area contributed by atoms with Gasteiger partial charge in [-0.05, 0) is 7.05 Å². The average Bonchev–Trinajstić information content (AvgIpc) is 2.34. The van der Waals surface area contributed by atoms with Crippen molar-refractivity contribution in [1.82, 2.24) is 5.32 Å². The van der Waals surface area contributed by atoms with Crippen LogP contribution in [0, 0.1) is 5.92 Å². The Bertz CT molecular complexity index is 106. The van der Waals surface area contributed by atoms with Gasteiger partial charge in [0, 0.05) is 5.92 Å². The summed E-state index contributed by atoms with van der Waals surface area (Å²) in [7, 11) is 1.87. The van der Waals surface area contributed by atoms with Gasteiger partial charge in [0.05, 0.1) is 6.61 Å². The van der Waals surface area contributed by atoms with Gasteiger partial charge in [-0.3, -0.25) is 5.32 Å². The third-order valence-electron chi connectivity index (χ3n) is 1.58. The summed E-state index contributed by atoms with van der Waals surface area (Å²) in [6, 6.07) is 0. The molecule has 3 nitrogen and oxygen atoms in total. The zero-order chi connectivity index (χ0) is 7.56. The molecule has 0 radical (unpaired) electrons. The van der Waals surface area contributed by atoms with Crippen molar-refractivity contribution in [2.24, 2.45) is 5.92 Å². The lowest BCUT2D eigenvalue weighted by atomic mass is 10.2. The molecule has 60 valence electrons. The second-order valence-corrected chi connectivity index (χ2v) is 2.86. The lowest BCUT2D eigenvalue weighted by molar-refractivity contribution is -0.0904. The maximum atomic E-state index is 5.44. The molecule has 0 amide bonds. The van der Waals surface area contributed by atoms with E-state index in [2.05, 4.69) is 19.2 Å². The largest absolute Gasteiger partial charge is 0.348 e. The molecule has 0 aliphatic carbocycles. The van der Waals surface area contributed by atoms with E-state index in [1.54, 1.807) is 0 Å². The topological polar surface area (TPSA) is 30.5 Å². The molecular weight excluding hydrogens is 130 g/mol. The summed E-state index contributed by atoms with van der Waals surface area (Å²) in [6.45, 7) is 4.84. The maximum absolute atomic E-state index is 5.44. The molecule has 1 aliphatic rings. The van der Waals surface area contributed by atoms with E-state index < -0.39 is 0 Å². The highest BCUT2D eigenvalue weighted by atomic mass is 16.7. The number of ether oxygens (including phenoxy) is 2. The van der Waals surface area contributed by atoms with Gasteiger partial charge in [0.2, 0.25) is 0 Å². The van der Waals surface area contributed by atoms with Crippen LogP contribution in [0.15, 0.2) is 0 Å². The summed E-state index contributed by atoms with van der Waals surface area (Å²) in [5.74, 6) is 0.443. The molecule has 1 saturated heterocycles. The quantitative estimate of drug-likeness (QED) is 0.616. The molecule has 1 N–H and O–H groups in total. The van der Waals surface area contributed by atoms with Crippen LogP contribution in [0.4, 0.5) is 0 Å². The number of likely N-dealkylation sites (N-methyl/N-ethyl adjacent to an activating group) is 1. The van der Waals surface area contributed by atoms with E-state index in [0.717, 1.165) is 0 Å². The zero-order valence-corrected chi connectivity index (χ0v) is 6.76. The van der Waals surface area contributed by atoms with Crippen molar-refractivity contribution >= 4 is 0 Å². The second-order valence-electron chi connectivity index (χ2n) is 2.86. The first-order valence-corrected chi connectivity index (χ1v) is 3.68. The Hall–Kier alpha value is -0.120. The summed E-state index contributed by atoms with van der Waals surface area (Å²) < 4.78 is 10.8. The fraction of sp³-hybridized carbons (Fsp3) is 1.00. The van der Waals surface area contributed by atoms with Gasteiger partial charge in [-0.2, -0.15) is 0 Å². The first-order chi connectivity index (χ1) is 4.74. The molecule has 0 aromatic heterocycles. The van der Waals surface area contributed by atoms with Crippen molar-refractivity contribution in [2.45, 2.75) is 26.4 Å². The minimum atomic E-state index is -0.0163. The number of rotatable bonds is 2. The predicted octanol–water partition coefficient (Wildman–Crippen LogP) is 0.561. The van der Waals surface area contributed by atoms with Gasteiger partial charge in [-0.25, -0.2) is 0 Å². The van der Waals surface area contributed by atoms with E-state index in [1.165, 1.54) is 0 Å². The number of nitrogens with one attached hydrogen (secondary N) is 1. The van der Waals surface area contributed by atoms with Gasteiger partial charge >= 0.3 is 0 Å². The summed E-state index contributed by atoms with van der Waals surface area (Å²) in [5.41, 5.74) is 0. The Morgan fingerprint density at radius 3 is 2.50 bits per heavy atom. The van der Waals surface area contributed by atoms with E-state index in [1.807, 2.05) is 7.05 Å². The molecule has 1 rings (SSSR count). The van der Waals surface area contributed by atoms with Crippen LogP contribution in [0.5, 0.6) is 0 Å². The highest BCUT2D eigenvalue weighted by Crippen LogP contribution is 2.16. The smallest absolute Gasteiger partial charge is 0.162 e. The van der Waals surface area contributed by atoms with E-state index in [9.17, 15) is 0 Å². The Morgan fingerprint density at radius 2 is 2.20 bits per heavy atom. The van der Waals surface area contributed by atoms with Gasteiger partial charge in [0.15, 0.2) is 6.29 Å². The molecule has 0 saturated carbocycles. The molecule has 1 aliphatic heterocycles. The first-order valence-electron chi connectivity index (χ1n) is 3.68. The minimum absolute atomic E-state index is 0.0163. The van der Waals surface area contributed by atoms with Crippen LogP contribution < -0.4 is 5.32 Å². The van der Waals surface area contributed by atoms with Crippen LogP contribution in [-0.2, 0) is 9.47 Å². The van der Waals surface area contributed by atoms with Crippen molar-refractivity contribution in [3.05, 3.63) is 0 Å². The van der Waals surface area contributed by atoms with Crippen LogP contribution in [0.25, 0.3) is 0 Å². The van der Waals surface area contributed by atoms with E-state index >= 15 is 0 Å². The molecule has 3 heteroatoms. The highest BCUT2D eigenvalue weighted by Gasteiger charge is 2.26. The monoisotopic (exact) mass is 145 g/mol. The van der Waals surface area contributed by atoms with Gasteiger partial charge < -0.3 is 9.47 Å². The van der Waals surface area contributed by atoms with Crippen LogP contribution in [-0.4, -0.2) is 26.2 Å². The average molecular weight is 145 g/mol. The van der Waals surface area contributed by atoms with Crippen molar-refractivity contribution < 1.29 is 9.47 Å². The van der Waals surface area contributed by atoms with Gasteiger partial charge in [-0.1, -0.05) is 13.8 Å². The van der Waals surface area contributed by atoms with Crippen LogP contribution in [0.3, 0.4) is 0 Å².